The molecule has 0 bridgehead atoms. The van der Waals surface area contributed by atoms with Crippen molar-refractivity contribution >= 4 is 0 Å². The summed E-state index contributed by atoms with van der Waals surface area (Å²) in [5, 5.41) is 0. The van der Waals surface area contributed by atoms with E-state index in [4.69, 9.17) is 10.7 Å². The van der Waals surface area contributed by atoms with Crippen LogP contribution in [0.25, 0.3) is 0 Å². The second kappa shape index (κ2) is 4.79. The third-order valence-electron chi connectivity index (χ3n) is 3.36. The minimum Gasteiger partial charge on any atom is -0.346 e. The van der Waals surface area contributed by atoms with Crippen molar-refractivity contribution in [2.75, 3.05) is 6.54 Å². The molecule has 1 aliphatic carbocycles. The summed E-state index contributed by atoms with van der Waals surface area (Å²) in [7, 11) is 0. The number of hydrogen-bond donors (Lipinski definition) is 2. The molecule has 1 saturated carbocycles. The monoisotopic (exact) mass is 207 g/mol. The second-order valence-corrected chi connectivity index (χ2v) is 4.57. The number of rotatable bonds is 4. The van der Waals surface area contributed by atoms with Crippen molar-refractivity contribution in [3.63, 3.8) is 0 Å². The fourth-order valence-electron chi connectivity index (χ4n) is 2.43. The number of imidazole rings is 1. The Morgan fingerprint density at radius 2 is 2.13 bits per heavy atom. The molecular formula is C12H21N3. The van der Waals surface area contributed by atoms with E-state index in [1.165, 1.54) is 42.9 Å². The Morgan fingerprint density at radius 1 is 1.40 bits per heavy atom. The minimum atomic E-state index is 0.690. The highest BCUT2D eigenvalue weighted by atomic mass is 14.9. The van der Waals surface area contributed by atoms with E-state index < -0.39 is 0 Å². The lowest BCUT2D eigenvalue weighted by molar-refractivity contribution is 0.674. The van der Waals surface area contributed by atoms with Gasteiger partial charge in [0.1, 0.15) is 5.82 Å². The Labute approximate surface area is 91.5 Å². The predicted molar refractivity (Wildman–Crippen MR) is 61.9 cm³/mol. The van der Waals surface area contributed by atoms with Gasteiger partial charge >= 0.3 is 0 Å². The van der Waals surface area contributed by atoms with Crippen LogP contribution in [-0.4, -0.2) is 16.5 Å². The number of aromatic amines is 1. The van der Waals surface area contributed by atoms with E-state index in [2.05, 4.69) is 11.9 Å². The third kappa shape index (κ3) is 2.40. The van der Waals surface area contributed by atoms with Crippen LogP contribution < -0.4 is 5.73 Å². The first-order valence-electron chi connectivity index (χ1n) is 6.06. The summed E-state index contributed by atoms with van der Waals surface area (Å²) in [4.78, 5) is 8.16. The van der Waals surface area contributed by atoms with E-state index in [1.807, 2.05) is 0 Å². The number of nitrogens with zero attached hydrogens (tertiary/aromatic N) is 1. The molecular weight excluding hydrogens is 186 g/mol. The van der Waals surface area contributed by atoms with Gasteiger partial charge in [0.25, 0.3) is 0 Å². The predicted octanol–water partition coefficient (Wildman–Crippen LogP) is 2.27. The highest BCUT2D eigenvalue weighted by molar-refractivity contribution is 5.16. The number of hydrogen-bond acceptors (Lipinski definition) is 2. The van der Waals surface area contributed by atoms with Gasteiger partial charge in [-0.3, -0.25) is 0 Å². The van der Waals surface area contributed by atoms with Crippen LogP contribution >= 0.6 is 0 Å². The van der Waals surface area contributed by atoms with Gasteiger partial charge in [0, 0.05) is 11.6 Å². The number of nitrogens with two attached hydrogens (primary N) is 1. The molecule has 1 fully saturated rings. The van der Waals surface area contributed by atoms with Crippen molar-refractivity contribution in [2.24, 2.45) is 5.73 Å². The Hall–Kier alpha value is -0.830. The van der Waals surface area contributed by atoms with Crippen LogP contribution in [0.4, 0.5) is 0 Å². The molecule has 3 N–H and O–H groups in total. The highest BCUT2D eigenvalue weighted by Gasteiger charge is 2.20. The molecule has 0 aliphatic heterocycles. The Balaban J connectivity index is 2.06. The van der Waals surface area contributed by atoms with Gasteiger partial charge in [0.05, 0.1) is 5.69 Å². The van der Waals surface area contributed by atoms with Gasteiger partial charge in [-0.1, -0.05) is 12.8 Å². The second-order valence-electron chi connectivity index (χ2n) is 4.57. The maximum absolute atomic E-state index is 5.52. The zero-order chi connectivity index (χ0) is 10.7. The molecule has 0 atom stereocenters. The number of aromatic nitrogens is 2. The zero-order valence-corrected chi connectivity index (χ0v) is 9.55. The van der Waals surface area contributed by atoms with Crippen LogP contribution in [0, 0.1) is 6.92 Å². The lowest BCUT2D eigenvalue weighted by Crippen LogP contribution is -2.01. The summed E-state index contributed by atoms with van der Waals surface area (Å²) in [6.45, 7) is 2.88. The Morgan fingerprint density at radius 3 is 2.80 bits per heavy atom. The third-order valence-corrected chi connectivity index (χ3v) is 3.36. The first-order chi connectivity index (χ1) is 7.31. The van der Waals surface area contributed by atoms with E-state index in [0.717, 1.165) is 19.4 Å². The number of aryl methyl sites for hydroxylation is 2. The summed E-state index contributed by atoms with van der Waals surface area (Å²) in [5.41, 5.74) is 7.98. The molecule has 84 valence electrons. The molecule has 1 aromatic rings. The van der Waals surface area contributed by atoms with Gasteiger partial charge in [0.15, 0.2) is 0 Å². The van der Waals surface area contributed by atoms with E-state index in [-0.39, 0.29) is 0 Å². The molecule has 1 aromatic heterocycles. The van der Waals surface area contributed by atoms with Crippen LogP contribution in [0.1, 0.15) is 55.2 Å². The van der Waals surface area contributed by atoms with Gasteiger partial charge < -0.3 is 10.7 Å². The average molecular weight is 207 g/mol. The molecule has 0 spiro atoms. The van der Waals surface area contributed by atoms with Crippen molar-refractivity contribution in [1.82, 2.24) is 9.97 Å². The molecule has 0 radical (unpaired) electrons. The van der Waals surface area contributed by atoms with E-state index in [9.17, 15) is 0 Å². The van der Waals surface area contributed by atoms with Crippen molar-refractivity contribution in [1.29, 1.82) is 0 Å². The van der Waals surface area contributed by atoms with Crippen LogP contribution in [0.3, 0.4) is 0 Å². The van der Waals surface area contributed by atoms with E-state index in [1.54, 1.807) is 0 Å². The molecule has 1 aliphatic rings. The van der Waals surface area contributed by atoms with Gasteiger partial charge in [-0.05, 0) is 39.2 Å². The normalized spacial score (nSPS) is 17.5. The topological polar surface area (TPSA) is 54.7 Å². The van der Waals surface area contributed by atoms with E-state index in [0.29, 0.717) is 5.92 Å². The summed E-state index contributed by atoms with van der Waals surface area (Å²) in [5.74, 6) is 1.91. The SMILES string of the molecule is Cc1[nH]c(C2CCCC2)nc1CCCN. The quantitative estimate of drug-likeness (QED) is 0.795. The lowest BCUT2D eigenvalue weighted by atomic mass is 10.1. The van der Waals surface area contributed by atoms with Crippen molar-refractivity contribution in [2.45, 2.75) is 51.4 Å². The molecule has 0 amide bonds. The lowest BCUT2D eigenvalue weighted by Gasteiger charge is -2.03. The van der Waals surface area contributed by atoms with Crippen LogP contribution in [-0.2, 0) is 6.42 Å². The summed E-state index contributed by atoms with van der Waals surface area (Å²) < 4.78 is 0. The minimum absolute atomic E-state index is 0.690. The van der Waals surface area contributed by atoms with Crippen molar-refractivity contribution in [3.8, 4) is 0 Å². The summed E-state index contributed by atoms with van der Waals surface area (Å²) in [6, 6.07) is 0. The molecule has 1 heterocycles. The molecule has 2 rings (SSSR count). The zero-order valence-electron chi connectivity index (χ0n) is 9.55. The Kier molecular flexibility index (Phi) is 3.41. The molecule has 0 saturated heterocycles. The van der Waals surface area contributed by atoms with Crippen LogP contribution in [0.5, 0.6) is 0 Å². The largest absolute Gasteiger partial charge is 0.346 e. The first-order valence-corrected chi connectivity index (χ1v) is 6.06. The fraction of sp³-hybridized carbons (Fsp3) is 0.750. The van der Waals surface area contributed by atoms with Gasteiger partial charge in [-0.2, -0.15) is 0 Å². The number of nitrogens with one attached hydrogen (secondary N) is 1. The van der Waals surface area contributed by atoms with Gasteiger partial charge in [-0.25, -0.2) is 4.98 Å². The van der Waals surface area contributed by atoms with Crippen LogP contribution in [0.2, 0.25) is 0 Å². The van der Waals surface area contributed by atoms with E-state index >= 15 is 0 Å². The fourth-order valence-corrected chi connectivity index (χ4v) is 2.43. The van der Waals surface area contributed by atoms with Gasteiger partial charge in [-0.15, -0.1) is 0 Å². The molecule has 0 aromatic carbocycles. The smallest absolute Gasteiger partial charge is 0.109 e. The van der Waals surface area contributed by atoms with Crippen molar-refractivity contribution in [3.05, 3.63) is 17.2 Å². The standard InChI is InChI=1S/C12H21N3/c1-9-11(7-4-8-13)15-12(14-9)10-5-2-3-6-10/h10H,2-8,13H2,1H3,(H,14,15). The summed E-state index contributed by atoms with van der Waals surface area (Å²) >= 11 is 0. The number of H-pyrrole nitrogens is 1. The molecule has 3 nitrogen and oxygen atoms in total. The van der Waals surface area contributed by atoms with Crippen LogP contribution in [0.15, 0.2) is 0 Å². The summed E-state index contributed by atoms with van der Waals surface area (Å²) in [6.07, 6.45) is 7.40. The molecule has 15 heavy (non-hydrogen) atoms. The average Bonchev–Trinajstić information content (AvgIpc) is 2.83. The maximum atomic E-state index is 5.52. The maximum Gasteiger partial charge on any atom is 0.109 e. The first kappa shape index (κ1) is 10.7. The van der Waals surface area contributed by atoms with Gasteiger partial charge in [0.2, 0.25) is 0 Å². The molecule has 0 unspecified atom stereocenters. The Bertz CT molecular complexity index is 311. The highest BCUT2D eigenvalue weighted by Crippen LogP contribution is 2.32. The molecule has 3 heteroatoms. The van der Waals surface area contributed by atoms with Crippen molar-refractivity contribution < 1.29 is 0 Å².